The molecular weight excluding hydrogens is 344 g/mol. The van der Waals surface area contributed by atoms with Gasteiger partial charge in [0.1, 0.15) is 18.1 Å². The highest BCUT2D eigenvalue weighted by atomic mass is 16.3. The van der Waals surface area contributed by atoms with Gasteiger partial charge in [0.05, 0.1) is 30.3 Å². The number of carbonyl (C=O) groups excluding carboxylic acids is 2. The molecule has 140 valence electrons. The third-order valence-corrected chi connectivity index (χ3v) is 4.84. The molecule has 0 bridgehead atoms. The second-order valence-electron chi connectivity index (χ2n) is 6.72. The zero-order valence-electron chi connectivity index (χ0n) is 15.1. The smallest absolute Gasteiger partial charge is 0.240 e. The van der Waals surface area contributed by atoms with Crippen LogP contribution in [-0.2, 0) is 29.1 Å². The van der Waals surface area contributed by atoms with Gasteiger partial charge in [0.25, 0.3) is 0 Å². The molecule has 2 amide bonds. The Bertz CT molecular complexity index is 939. The van der Waals surface area contributed by atoms with Crippen LogP contribution in [0.2, 0.25) is 0 Å². The highest BCUT2D eigenvalue weighted by Crippen LogP contribution is 2.18. The molecule has 0 spiro atoms. The van der Waals surface area contributed by atoms with Crippen LogP contribution in [0.5, 0.6) is 0 Å². The van der Waals surface area contributed by atoms with Crippen molar-refractivity contribution in [2.24, 2.45) is 0 Å². The molecule has 1 saturated heterocycles. The topological polar surface area (TPSA) is 80.4 Å². The summed E-state index contributed by atoms with van der Waals surface area (Å²) in [5.41, 5.74) is 1.65. The van der Waals surface area contributed by atoms with Gasteiger partial charge >= 0.3 is 0 Å². The van der Waals surface area contributed by atoms with Crippen LogP contribution in [0, 0.1) is 0 Å². The third-order valence-electron chi connectivity index (χ3n) is 4.84. The van der Waals surface area contributed by atoms with E-state index in [1.807, 2.05) is 39.8 Å². The van der Waals surface area contributed by atoms with Crippen molar-refractivity contribution >= 4 is 22.8 Å². The SMILES string of the molecule is O=C(Cn1c(CC(=O)N2CCCC2)nc2ccccc21)NCc1ccco1. The fourth-order valence-corrected chi connectivity index (χ4v) is 3.45. The second-order valence-corrected chi connectivity index (χ2v) is 6.72. The number of rotatable bonds is 6. The van der Waals surface area contributed by atoms with E-state index in [0.29, 0.717) is 18.1 Å². The minimum absolute atomic E-state index is 0.0695. The molecule has 1 N–H and O–H groups in total. The number of hydrogen-bond acceptors (Lipinski definition) is 4. The summed E-state index contributed by atoms with van der Waals surface area (Å²) in [6, 6.07) is 11.2. The maximum Gasteiger partial charge on any atom is 0.240 e. The molecule has 1 fully saturated rings. The summed E-state index contributed by atoms with van der Waals surface area (Å²) in [6.45, 7) is 2.07. The minimum Gasteiger partial charge on any atom is -0.467 e. The summed E-state index contributed by atoms with van der Waals surface area (Å²) in [6.07, 6.45) is 3.89. The predicted molar refractivity (Wildman–Crippen MR) is 99.8 cm³/mol. The van der Waals surface area contributed by atoms with Crippen molar-refractivity contribution in [3.8, 4) is 0 Å². The normalized spacial score (nSPS) is 14.0. The number of amides is 2. The van der Waals surface area contributed by atoms with Crippen molar-refractivity contribution in [1.82, 2.24) is 19.8 Å². The Hall–Kier alpha value is -3.09. The molecule has 7 heteroatoms. The van der Waals surface area contributed by atoms with Gasteiger partial charge in [-0.1, -0.05) is 12.1 Å². The largest absolute Gasteiger partial charge is 0.467 e. The number of likely N-dealkylation sites (tertiary alicyclic amines) is 1. The monoisotopic (exact) mass is 366 g/mol. The van der Waals surface area contributed by atoms with Crippen LogP contribution in [0.25, 0.3) is 11.0 Å². The zero-order valence-corrected chi connectivity index (χ0v) is 15.1. The standard InChI is InChI=1S/C20H22N4O3/c25-19(21-13-15-6-5-11-27-15)14-24-17-8-2-1-7-16(17)22-18(24)12-20(26)23-9-3-4-10-23/h1-2,5-8,11H,3-4,9-10,12-14H2,(H,21,25). The molecule has 0 atom stereocenters. The quantitative estimate of drug-likeness (QED) is 0.725. The van der Waals surface area contributed by atoms with E-state index >= 15 is 0 Å². The van der Waals surface area contributed by atoms with Crippen LogP contribution in [0.4, 0.5) is 0 Å². The highest BCUT2D eigenvalue weighted by Gasteiger charge is 2.22. The van der Waals surface area contributed by atoms with Gasteiger partial charge in [-0.2, -0.15) is 0 Å². The molecule has 1 aliphatic heterocycles. The Balaban J connectivity index is 1.52. The molecule has 3 aromatic rings. The van der Waals surface area contributed by atoms with Crippen LogP contribution in [0.15, 0.2) is 47.1 Å². The van der Waals surface area contributed by atoms with Crippen LogP contribution in [0.3, 0.4) is 0 Å². The predicted octanol–water partition coefficient (Wildman–Crippen LogP) is 2.11. The van der Waals surface area contributed by atoms with Crippen molar-refractivity contribution < 1.29 is 14.0 Å². The number of benzene rings is 1. The Morgan fingerprint density at radius 2 is 1.93 bits per heavy atom. The summed E-state index contributed by atoms with van der Waals surface area (Å²) in [7, 11) is 0. The summed E-state index contributed by atoms with van der Waals surface area (Å²) in [5.74, 6) is 1.24. The van der Waals surface area contributed by atoms with E-state index in [-0.39, 0.29) is 24.8 Å². The Morgan fingerprint density at radius 1 is 1.11 bits per heavy atom. The number of fused-ring (bicyclic) bond motifs is 1. The lowest BCUT2D eigenvalue weighted by Gasteiger charge is -2.15. The first-order valence-corrected chi connectivity index (χ1v) is 9.22. The van der Waals surface area contributed by atoms with E-state index in [2.05, 4.69) is 10.3 Å². The Labute approximate surface area is 157 Å². The lowest BCUT2D eigenvalue weighted by molar-refractivity contribution is -0.129. The lowest BCUT2D eigenvalue weighted by Crippen LogP contribution is -2.31. The molecule has 2 aromatic heterocycles. The zero-order chi connectivity index (χ0) is 18.6. The van der Waals surface area contributed by atoms with E-state index in [4.69, 9.17) is 4.42 Å². The van der Waals surface area contributed by atoms with Crippen molar-refractivity contribution in [3.05, 3.63) is 54.2 Å². The first-order valence-electron chi connectivity index (χ1n) is 9.22. The van der Waals surface area contributed by atoms with Gasteiger partial charge in [-0.15, -0.1) is 0 Å². The fourth-order valence-electron chi connectivity index (χ4n) is 3.45. The number of hydrogen-bond donors (Lipinski definition) is 1. The number of aromatic nitrogens is 2. The number of imidazole rings is 1. The Morgan fingerprint density at radius 3 is 2.70 bits per heavy atom. The molecule has 4 rings (SSSR count). The molecule has 0 saturated carbocycles. The second kappa shape index (κ2) is 7.65. The van der Waals surface area contributed by atoms with E-state index in [1.54, 1.807) is 12.3 Å². The van der Waals surface area contributed by atoms with E-state index in [9.17, 15) is 9.59 Å². The third kappa shape index (κ3) is 3.86. The van der Waals surface area contributed by atoms with Crippen molar-refractivity contribution in [1.29, 1.82) is 0 Å². The molecule has 1 aliphatic rings. The number of furan rings is 1. The van der Waals surface area contributed by atoms with Crippen LogP contribution >= 0.6 is 0 Å². The van der Waals surface area contributed by atoms with E-state index in [1.165, 1.54) is 0 Å². The molecule has 0 aliphatic carbocycles. The summed E-state index contributed by atoms with van der Waals surface area (Å²) in [5, 5.41) is 2.85. The first kappa shape index (κ1) is 17.3. The molecular formula is C20H22N4O3. The maximum absolute atomic E-state index is 12.6. The number of para-hydroxylation sites is 2. The van der Waals surface area contributed by atoms with E-state index in [0.717, 1.165) is 37.0 Å². The number of nitrogens with one attached hydrogen (secondary N) is 1. The molecule has 0 unspecified atom stereocenters. The van der Waals surface area contributed by atoms with Gasteiger partial charge in [-0.05, 0) is 37.1 Å². The first-order chi connectivity index (χ1) is 13.2. The summed E-state index contributed by atoms with van der Waals surface area (Å²) < 4.78 is 7.07. The Kier molecular flexibility index (Phi) is 4.91. The van der Waals surface area contributed by atoms with Gasteiger partial charge < -0.3 is 19.2 Å². The molecule has 0 radical (unpaired) electrons. The van der Waals surface area contributed by atoms with Gasteiger partial charge in [0.2, 0.25) is 11.8 Å². The number of carbonyl (C=O) groups is 2. The van der Waals surface area contributed by atoms with Crippen molar-refractivity contribution in [2.45, 2.75) is 32.4 Å². The molecule has 3 heterocycles. The lowest BCUT2D eigenvalue weighted by atomic mass is 10.3. The van der Waals surface area contributed by atoms with Gasteiger partial charge in [-0.25, -0.2) is 4.98 Å². The molecule has 27 heavy (non-hydrogen) atoms. The molecule has 1 aromatic carbocycles. The van der Waals surface area contributed by atoms with Gasteiger partial charge in [-0.3, -0.25) is 9.59 Å². The highest BCUT2D eigenvalue weighted by molar-refractivity contribution is 5.83. The average Bonchev–Trinajstić information content (AvgIpc) is 3.42. The fraction of sp³-hybridized carbons (Fsp3) is 0.350. The van der Waals surface area contributed by atoms with Gasteiger partial charge in [0, 0.05) is 13.1 Å². The maximum atomic E-state index is 12.6. The summed E-state index contributed by atoms with van der Waals surface area (Å²) in [4.78, 5) is 31.5. The van der Waals surface area contributed by atoms with Crippen LogP contribution in [0.1, 0.15) is 24.4 Å². The number of nitrogens with zero attached hydrogens (tertiary/aromatic N) is 3. The van der Waals surface area contributed by atoms with Crippen LogP contribution in [-0.4, -0.2) is 39.4 Å². The molecule has 7 nitrogen and oxygen atoms in total. The van der Waals surface area contributed by atoms with Crippen molar-refractivity contribution in [2.75, 3.05) is 13.1 Å². The van der Waals surface area contributed by atoms with E-state index < -0.39 is 0 Å². The average molecular weight is 366 g/mol. The summed E-state index contributed by atoms with van der Waals surface area (Å²) >= 11 is 0. The van der Waals surface area contributed by atoms with Gasteiger partial charge in [0.15, 0.2) is 0 Å². The minimum atomic E-state index is -0.149. The van der Waals surface area contributed by atoms with Crippen molar-refractivity contribution in [3.63, 3.8) is 0 Å². The van der Waals surface area contributed by atoms with Crippen LogP contribution < -0.4 is 5.32 Å².